The molecule has 2 aliphatic carbocycles. The molecular weight excluding hydrogens is 392 g/mol. The normalized spacial score (nSPS) is 30.1. The van der Waals surface area contributed by atoms with Gasteiger partial charge in [-0.3, -0.25) is 0 Å². The number of unbranched alkanes of at least 4 members (excludes halogenated alkanes) is 1. The van der Waals surface area contributed by atoms with Crippen LogP contribution >= 0.6 is 0 Å². The molecule has 1 aromatic rings. The van der Waals surface area contributed by atoms with E-state index in [-0.39, 0.29) is 28.9 Å². The van der Waals surface area contributed by atoms with E-state index in [4.69, 9.17) is 4.74 Å². The Labute approximate surface area is 185 Å². The van der Waals surface area contributed by atoms with Crippen molar-refractivity contribution < 1.29 is 24.9 Å². The molecule has 31 heavy (non-hydrogen) atoms. The molecule has 5 atom stereocenters. The second-order valence-electron chi connectivity index (χ2n) is 9.92. The first-order valence-corrected chi connectivity index (χ1v) is 11.9. The molecule has 170 valence electrons. The number of aromatic carboxylic acids is 1. The van der Waals surface area contributed by atoms with Crippen molar-refractivity contribution in [2.45, 2.75) is 89.9 Å². The van der Waals surface area contributed by atoms with Gasteiger partial charge in [0.15, 0.2) is 0 Å². The predicted molar refractivity (Wildman–Crippen MR) is 119 cm³/mol. The molecule has 3 N–H and O–H groups in total. The van der Waals surface area contributed by atoms with Gasteiger partial charge in [0.1, 0.15) is 11.9 Å². The Morgan fingerprint density at radius 1 is 1.35 bits per heavy atom. The molecule has 2 saturated carbocycles. The van der Waals surface area contributed by atoms with Gasteiger partial charge in [0.25, 0.3) is 0 Å². The largest absolute Gasteiger partial charge is 0.489 e. The molecule has 1 heterocycles. The maximum absolute atomic E-state index is 11.5. The Hall–Kier alpha value is -1.85. The first kappa shape index (κ1) is 22.3. The van der Waals surface area contributed by atoms with Crippen LogP contribution in [0.15, 0.2) is 24.3 Å². The summed E-state index contributed by atoms with van der Waals surface area (Å²) in [4.78, 5) is 11.5. The highest BCUT2D eigenvalue weighted by Crippen LogP contribution is 2.49. The van der Waals surface area contributed by atoms with Gasteiger partial charge in [0, 0.05) is 23.8 Å². The second-order valence-corrected chi connectivity index (χ2v) is 9.92. The zero-order valence-corrected chi connectivity index (χ0v) is 18.7. The molecule has 1 aromatic carbocycles. The number of aliphatic hydroxyl groups is 2. The molecule has 0 saturated heterocycles. The van der Waals surface area contributed by atoms with E-state index in [1.807, 2.05) is 18.2 Å². The summed E-state index contributed by atoms with van der Waals surface area (Å²) in [6, 6.07) is 3.53. The molecule has 0 radical (unpaired) electrons. The standard InChI is InChI=1S/C26H36O5/c1-3-4-12-26(13-5-14-26)23(28)11-10-19-20-9-7-17-6-8-18(25(29)30)16(2)24(17)31-22(20)15-21(19)27/h6,8,10-11,19-23,27-28H,3-5,7,9,12-15H2,1-2H3,(H,29,30)/b11-10+/t19-,20-,21-,22+,23?/m1/s1. The van der Waals surface area contributed by atoms with E-state index in [2.05, 4.69) is 6.92 Å². The Balaban J connectivity index is 1.50. The van der Waals surface area contributed by atoms with Gasteiger partial charge in [0.05, 0.1) is 17.8 Å². The quantitative estimate of drug-likeness (QED) is 0.550. The summed E-state index contributed by atoms with van der Waals surface area (Å²) in [5.74, 6) is -0.153. The minimum Gasteiger partial charge on any atom is -0.489 e. The van der Waals surface area contributed by atoms with Crippen LogP contribution in [0.2, 0.25) is 0 Å². The average Bonchev–Trinajstić information content (AvgIpc) is 2.87. The summed E-state index contributed by atoms with van der Waals surface area (Å²) in [7, 11) is 0. The lowest BCUT2D eigenvalue weighted by Gasteiger charge is -2.45. The minimum absolute atomic E-state index is 0.0238. The number of rotatable bonds is 7. The lowest BCUT2D eigenvalue weighted by molar-refractivity contribution is -0.0145. The van der Waals surface area contributed by atoms with E-state index in [0.717, 1.165) is 50.5 Å². The van der Waals surface area contributed by atoms with Crippen molar-refractivity contribution >= 4 is 5.97 Å². The third-order valence-corrected chi connectivity index (χ3v) is 8.14. The van der Waals surface area contributed by atoms with Crippen molar-refractivity contribution in [2.75, 3.05) is 0 Å². The average molecular weight is 429 g/mol. The Kier molecular flexibility index (Phi) is 6.45. The van der Waals surface area contributed by atoms with E-state index in [1.165, 1.54) is 6.42 Å². The first-order chi connectivity index (χ1) is 14.9. The van der Waals surface area contributed by atoms with Crippen molar-refractivity contribution in [1.29, 1.82) is 0 Å². The van der Waals surface area contributed by atoms with Gasteiger partial charge in [-0.2, -0.15) is 0 Å². The number of carbonyl (C=O) groups is 1. The molecule has 1 unspecified atom stereocenters. The van der Waals surface area contributed by atoms with Gasteiger partial charge >= 0.3 is 5.97 Å². The first-order valence-electron chi connectivity index (χ1n) is 11.9. The molecule has 4 rings (SSSR count). The fourth-order valence-corrected chi connectivity index (χ4v) is 5.99. The minimum atomic E-state index is -0.945. The van der Waals surface area contributed by atoms with Crippen LogP contribution in [0.3, 0.4) is 0 Å². The van der Waals surface area contributed by atoms with Gasteiger partial charge in [0.2, 0.25) is 0 Å². The highest BCUT2D eigenvalue weighted by molar-refractivity contribution is 5.90. The molecule has 0 bridgehead atoms. The van der Waals surface area contributed by atoms with Crippen molar-refractivity contribution in [2.24, 2.45) is 17.3 Å². The summed E-state index contributed by atoms with van der Waals surface area (Å²) in [5, 5.41) is 31.2. The van der Waals surface area contributed by atoms with Crippen molar-refractivity contribution in [3.05, 3.63) is 41.0 Å². The summed E-state index contributed by atoms with van der Waals surface area (Å²) >= 11 is 0. The zero-order chi connectivity index (χ0) is 22.2. The smallest absolute Gasteiger partial charge is 0.336 e. The summed E-state index contributed by atoms with van der Waals surface area (Å²) in [6.07, 6.45) is 11.8. The van der Waals surface area contributed by atoms with Gasteiger partial charge in [-0.25, -0.2) is 4.79 Å². The van der Waals surface area contributed by atoms with Crippen LogP contribution < -0.4 is 4.74 Å². The number of fused-ring (bicyclic) bond motifs is 2. The lowest BCUT2D eigenvalue weighted by Crippen LogP contribution is -2.40. The SMILES string of the molecule is CCCCC1(C(O)/C=C/[C@@H]2[C@H]3CCc4ccc(C(=O)O)c(C)c4O[C@H]3C[C@H]2O)CCC1. The molecule has 5 nitrogen and oxygen atoms in total. The van der Waals surface area contributed by atoms with Gasteiger partial charge in [-0.05, 0) is 56.1 Å². The van der Waals surface area contributed by atoms with Crippen molar-refractivity contribution in [3.8, 4) is 5.75 Å². The van der Waals surface area contributed by atoms with E-state index in [9.17, 15) is 20.1 Å². The molecule has 1 aliphatic heterocycles. The van der Waals surface area contributed by atoms with Crippen LogP contribution in [0.25, 0.3) is 0 Å². The summed E-state index contributed by atoms with van der Waals surface area (Å²) in [6.45, 7) is 3.99. The Bertz CT molecular complexity index is 840. The van der Waals surface area contributed by atoms with Crippen LogP contribution in [0, 0.1) is 24.2 Å². The number of benzene rings is 1. The maximum Gasteiger partial charge on any atom is 0.336 e. The summed E-state index contributed by atoms with van der Waals surface area (Å²) < 4.78 is 6.34. The van der Waals surface area contributed by atoms with Crippen molar-refractivity contribution in [3.63, 3.8) is 0 Å². The number of aliphatic hydroxyl groups excluding tert-OH is 2. The third kappa shape index (κ3) is 4.14. The number of carboxylic acid groups (broad SMARTS) is 1. The maximum atomic E-state index is 11.5. The summed E-state index contributed by atoms with van der Waals surface area (Å²) in [5.41, 5.74) is 2.00. The topological polar surface area (TPSA) is 87.0 Å². The fourth-order valence-electron chi connectivity index (χ4n) is 5.99. The molecule has 0 aromatic heterocycles. The Morgan fingerprint density at radius 2 is 2.13 bits per heavy atom. The highest BCUT2D eigenvalue weighted by atomic mass is 16.5. The molecular formula is C26H36O5. The molecule has 0 amide bonds. The molecule has 5 heteroatoms. The van der Waals surface area contributed by atoms with E-state index in [0.29, 0.717) is 17.7 Å². The van der Waals surface area contributed by atoms with Crippen LogP contribution in [0.1, 0.15) is 79.8 Å². The second kappa shape index (κ2) is 8.95. The highest BCUT2D eigenvalue weighted by Gasteiger charge is 2.45. The molecule has 0 spiro atoms. The van der Waals surface area contributed by atoms with Crippen LogP contribution in [0.4, 0.5) is 0 Å². The van der Waals surface area contributed by atoms with Crippen LogP contribution in [-0.2, 0) is 6.42 Å². The van der Waals surface area contributed by atoms with E-state index >= 15 is 0 Å². The van der Waals surface area contributed by atoms with Gasteiger partial charge in [-0.1, -0.05) is 44.4 Å². The van der Waals surface area contributed by atoms with E-state index < -0.39 is 18.2 Å². The molecule has 2 fully saturated rings. The van der Waals surface area contributed by atoms with Crippen LogP contribution in [-0.4, -0.2) is 39.6 Å². The lowest BCUT2D eigenvalue weighted by atomic mass is 9.62. The van der Waals surface area contributed by atoms with E-state index in [1.54, 1.807) is 13.0 Å². The number of ether oxygens (including phenoxy) is 1. The number of hydrogen-bond acceptors (Lipinski definition) is 4. The van der Waals surface area contributed by atoms with Crippen molar-refractivity contribution in [1.82, 2.24) is 0 Å². The van der Waals surface area contributed by atoms with Gasteiger partial charge in [-0.15, -0.1) is 0 Å². The zero-order valence-electron chi connectivity index (χ0n) is 18.7. The third-order valence-electron chi connectivity index (χ3n) is 8.14. The number of carboxylic acids is 1. The number of aryl methyl sites for hydroxylation is 1. The molecule has 3 aliphatic rings. The monoisotopic (exact) mass is 428 g/mol. The van der Waals surface area contributed by atoms with Gasteiger partial charge < -0.3 is 20.1 Å². The number of hydrogen-bond donors (Lipinski definition) is 3. The fraction of sp³-hybridized carbons (Fsp3) is 0.654. The Morgan fingerprint density at radius 3 is 2.77 bits per heavy atom. The predicted octanol–water partition coefficient (Wildman–Crippen LogP) is 4.66. The van der Waals surface area contributed by atoms with Crippen LogP contribution in [0.5, 0.6) is 5.75 Å².